The zero-order valence-corrected chi connectivity index (χ0v) is 26.7. The fraction of sp³-hybridized carbons (Fsp3) is 0.545. The van der Waals surface area contributed by atoms with Crippen molar-refractivity contribution < 1.29 is 41.5 Å². The van der Waals surface area contributed by atoms with E-state index in [4.69, 9.17) is 28.6 Å². The molecule has 242 valence electrons. The number of aliphatic hydroxyl groups is 1. The summed E-state index contributed by atoms with van der Waals surface area (Å²) in [5.74, 6) is 0.0754. The molecule has 45 heavy (non-hydrogen) atoms. The standard InChI is InChI=1S/C22H26FN9O9P2S2/c1-30-6-29-20(34)14-21(30)31(7-28-14)9-4-11-15(33)16(9)40-42(35,44)37-3-2-10-17(41-43(36,45)39-11)12(23)22(38-10)32-8-27-13-18(24)25-5-26-19(13)32/h5-12,15-17,22,33H,2-4H2,1H3,(H,35,44)(H,36,45)(H2,24,25,26)/t9-,10-,11+,12-,15-,16+,17-,22-,42?,43?/m1/s1. The van der Waals surface area contributed by atoms with E-state index in [0.717, 1.165) is 0 Å². The molecule has 2 saturated heterocycles. The minimum Gasteiger partial charge on any atom is -0.388 e. The van der Waals surface area contributed by atoms with Gasteiger partial charge in [0.2, 0.25) is 0 Å². The smallest absolute Gasteiger partial charge is 0.386 e. The highest BCUT2D eigenvalue weighted by molar-refractivity contribution is 8.44. The van der Waals surface area contributed by atoms with Gasteiger partial charge in [0.25, 0.3) is 0 Å². The first-order valence-corrected chi connectivity index (χ1v) is 18.9. The first-order valence-electron chi connectivity index (χ1n) is 13.5. The Morgan fingerprint density at radius 1 is 0.978 bits per heavy atom. The van der Waals surface area contributed by atoms with Crippen molar-refractivity contribution in [1.82, 2.24) is 38.6 Å². The number of aromatic nitrogens is 8. The van der Waals surface area contributed by atoms with Crippen molar-refractivity contribution >= 4 is 66.2 Å². The molecule has 1 saturated carbocycles. The van der Waals surface area contributed by atoms with E-state index < -0.39 is 68.1 Å². The van der Waals surface area contributed by atoms with Crippen LogP contribution in [0.2, 0.25) is 0 Å². The SMILES string of the molecule is Cn1cnc(=O)c2ncn([C@@H]3C[C@@H]4OP(=O)(S)O[C@H]5[C@@H](F)[C@H](n6cnc7c(N)ncnc76)O[C@@H]5CCOP(=O)(S)O[C@@H]3[C@@H]4O)c21. The van der Waals surface area contributed by atoms with E-state index in [1.807, 2.05) is 0 Å². The number of fused-ring (bicyclic) bond motifs is 5. The van der Waals surface area contributed by atoms with Gasteiger partial charge in [-0.05, 0) is 0 Å². The van der Waals surface area contributed by atoms with Gasteiger partial charge >= 0.3 is 19.2 Å². The van der Waals surface area contributed by atoms with E-state index in [9.17, 15) is 19.0 Å². The molecule has 2 unspecified atom stereocenters. The van der Waals surface area contributed by atoms with Gasteiger partial charge in [0, 0.05) is 19.9 Å². The Balaban J connectivity index is 1.22. The van der Waals surface area contributed by atoms with Crippen molar-refractivity contribution in [1.29, 1.82) is 0 Å². The fourth-order valence-corrected chi connectivity index (χ4v) is 9.36. The highest BCUT2D eigenvalue weighted by Crippen LogP contribution is 2.62. The summed E-state index contributed by atoms with van der Waals surface area (Å²) in [6.45, 7) is -8.96. The van der Waals surface area contributed by atoms with E-state index in [0.29, 0.717) is 5.65 Å². The van der Waals surface area contributed by atoms with Crippen molar-refractivity contribution in [2.24, 2.45) is 7.05 Å². The number of hydrogen-bond acceptors (Lipinski definition) is 15. The molecule has 18 nitrogen and oxygen atoms in total. The Morgan fingerprint density at radius 2 is 1.71 bits per heavy atom. The van der Waals surface area contributed by atoms with Crippen LogP contribution in [-0.4, -0.2) is 87.0 Å². The number of nitrogens with two attached hydrogens (primary N) is 1. The number of thiol groups is 2. The van der Waals surface area contributed by atoms with Crippen LogP contribution in [0.25, 0.3) is 22.3 Å². The number of hydrogen-bond donors (Lipinski definition) is 4. The number of nitrogen functional groups attached to an aromatic ring is 1. The van der Waals surface area contributed by atoms with Crippen molar-refractivity contribution in [3.05, 3.63) is 35.7 Å². The number of imidazole rings is 2. The average Bonchev–Trinajstić information content (AvgIpc) is 3.73. The zero-order chi connectivity index (χ0) is 31.8. The molecule has 0 spiro atoms. The van der Waals surface area contributed by atoms with Gasteiger partial charge < -0.3 is 29.2 Å². The van der Waals surface area contributed by atoms with Crippen LogP contribution >= 0.6 is 38.1 Å². The van der Waals surface area contributed by atoms with Crippen LogP contribution < -0.4 is 11.3 Å². The van der Waals surface area contributed by atoms with Gasteiger partial charge in [-0.2, -0.15) is 4.98 Å². The molecule has 0 aromatic carbocycles. The average molecular weight is 706 g/mol. The molecule has 0 radical (unpaired) electrons. The second-order valence-corrected chi connectivity index (χ2v) is 16.4. The summed E-state index contributed by atoms with van der Waals surface area (Å²) >= 11 is 8.22. The summed E-state index contributed by atoms with van der Waals surface area (Å²) in [5, 5.41) is 11.3. The van der Waals surface area contributed by atoms with Crippen LogP contribution in [0.4, 0.5) is 10.2 Å². The lowest BCUT2D eigenvalue weighted by Gasteiger charge is -2.26. The number of alkyl halides is 1. The first kappa shape index (κ1) is 31.2. The van der Waals surface area contributed by atoms with Crippen molar-refractivity contribution in [3.8, 4) is 0 Å². The molecule has 10 atom stereocenters. The van der Waals surface area contributed by atoms with Gasteiger partial charge in [0.15, 0.2) is 29.4 Å². The van der Waals surface area contributed by atoms with Crippen LogP contribution in [0.5, 0.6) is 0 Å². The maximum absolute atomic E-state index is 16.1. The third kappa shape index (κ3) is 5.52. The predicted octanol–water partition coefficient (Wildman–Crippen LogP) is 1.74. The van der Waals surface area contributed by atoms with Crippen molar-refractivity contribution in [3.63, 3.8) is 0 Å². The van der Waals surface area contributed by atoms with Crippen LogP contribution in [0, 0.1) is 0 Å². The normalized spacial score (nSPS) is 37.7. The zero-order valence-electron chi connectivity index (χ0n) is 23.1. The molecule has 0 amide bonds. The molecule has 3 N–H and O–H groups in total. The molecule has 3 fully saturated rings. The number of anilines is 1. The second kappa shape index (κ2) is 11.4. The molecule has 6 heterocycles. The summed E-state index contributed by atoms with van der Waals surface area (Å²) in [6, 6.07) is -0.881. The van der Waals surface area contributed by atoms with Gasteiger partial charge in [-0.1, -0.05) is 24.5 Å². The van der Waals surface area contributed by atoms with Gasteiger partial charge in [-0.25, -0.2) is 33.5 Å². The maximum atomic E-state index is 16.1. The summed E-state index contributed by atoms with van der Waals surface area (Å²) in [7, 11) is 1.63. The third-order valence-electron chi connectivity index (χ3n) is 7.94. The Labute approximate surface area is 262 Å². The van der Waals surface area contributed by atoms with Gasteiger partial charge in [-0.15, -0.1) is 0 Å². The van der Waals surface area contributed by atoms with Crippen LogP contribution in [0.15, 0.2) is 30.1 Å². The topological polar surface area (TPSA) is 223 Å². The lowest BCUT2D eigenvalue weighted by atomic mass is 10.1. The molecule has 2 bridgehead atoms. The van der Waals surface area contributed by atoms with E-state index in [-0.39, 0.29) is 41.9 Å². The summed E-state index contributed by atoms with van der Waals surface area (Å²) in [4.78, 5) is 32.4. The van der Waals surface area contributed by atoms with Crippen LogP contribution in [-0.2, 0) is 39.0 Å². The minimum atomic E-state index is -4.43. The second-order valence-electron chi connectivity index (χ2n) is 10.7. The number of nitrogens with zero attached hydrogens (tertiary/aromatic N) is 8. The molecule has 4 aromatic heterocycles. The lowest BCUT2D eigenvalue weighted by Crippen LogP contribution is -2.34. The van der Waals surface area contributed by atoms with E-state index >= 15 is 4.39 Å². The molecule has 1 aliphatic carbocycles. The fourth-order valence-electron chi connectivity index (χ4n) is 5.96. The largest absolute Gasteiger partial charge is 0.388 e. The van der Waals surface area contributed by atoms with Gasteiger partial charge in [0.1, 0.15) is 42.1 Å². The summed E-state index contributed by atoms with van der Waals surface area (Å²) in [5.41, 5.74) is 6.04. The van der Waals surface area contributed by atoms with Crippen LogP contribution in [0.1, 0.15) is 25.1 Å². The van der Waals surface area contributed by atoms with Gasteiger partial charge in [-0.3, -0.25) is 22.9 Å². The number of aliphatic hydroxyl groups excluding tert-OH is 1. The molecule has 7 rings (SSSR count). The number of ether oxygens (including phenoxy) is 1. The summed E-state index contributed by atoms with van der Waals surface area (Å²) in [6.07, 6.45) is -5.27. The van der Waals surface area contributed by atoms with E-state index in [1.54, 1.807) is 7.05 Å². The third-order valence-corrected chi connectivity index (χ3v) is 11.2. The molecular weight excluding hydrogens is 679 g/mol. The summed E-state index contributed by atoms with van der Waals surface area (Å²) < 4.78 is 76.2. The Kier molecular flexibility index (Phi) is 7.87. The van der Waals surface area contributed by atoms with Crippen molar-refractivity contribution in [2.75, 3.05) is 12.3 Å². The maximum Gasteiger partial charge on any atom is 0.386 e. The molecule has 23 heteroatoms. The molecular formula is C22H26FN9O9P2S2. The number of aryl methyl sites for hydroxylation is 1. The highest BCUT2D eigenvalue weighted by Gasteiger charge is 2.54. The minimum absolute atomic E-state index is 0.0381. The number of halogens is 1. The van der Waals surface area contributed by atoms with Gasteiger partial charge in [0.05, 0.1) is 37.5 Å². The van der Waals surface area contributed by atoms with Crippen LogP contribution in [0.3, 0.4) is 0 Å². The Morgan fingerprint density at radius 3 is 2.51 bits per heavy atom. The number of rotatable bonds is 2. The van der Waals surface area contributed by atoms with Crippen molar-refractivity contribution in [2.45, 2.75) is 61.8 Å². The Hall–Kier alpha value is -2.45. The molecule has 4 aromatic rings. The lowest BCUT2D eigenvalue weighted by molar-refractivity contribution is -0.0298. The first-order chi connectivity index (χ1) is 21.3. The molecule has 2 aliphatic heterocycles. The van der Waals surface area contributed by atoms with E-state index in [2.05, 4.69) is 49.4 Å². The highest BCUT2D eigenvalue weighted by atomic mass is 32.7. The monoisotopic (exact) mass is 705 g/mol. The predicted molar refractivity (Wildman–Crippen MR) is 159 cm³/mol. The quantitative estimate of drug-likeness (QED) is 0.172. The Bertz CT molecular complexity index is 1950. The molecule has 3 aliphatic rings. The van der Waals surface area contributed by atoms with E-state index in [1.165, 1.54) is 39.0 Å².